The van der Waals surface area contributed by atoms with E-state index in [1.54, 1.807) is 17.2 Å². The van der Waals surface area contributed by atoms with Crippen LogP contribution in [0, 0.1) is 0 Å². The third-order valence-corrected chi connectivity index (χ3v) is 4.34. The molecular weight excluding hydrogens is 326 g/mol. The number of nitrogens with zero attached hydrogens (tertiary/aromatic N) is 2. The van der Waals surface area contributed by atoms with Crippen LogP contribution in [0.1, 0.15) is 18.5 Å². The van der Waals surface area contributed by atoms with Crippen molar-refractivity contribution in [1.29, 1.82) is 0 Å². The number of hydrogen-bond donors (Lipinski definition) is 1. The summed E-state index contributed by atoms with van der Waals surface area (Å²) in [7, 11) is 0. The molecule has 1 saturated heterocycles. The summed E-state index contributed by atoms with van der Waals surface area (Å²) < 4.78 is 0. The standard InChI is InChI=1S/C18H18ClN3O2/c19-14-6-1-2-7-16(14)22-12-10-15(18(22)24)21-17(23)9-8-13-5-3-4-11-20-13/h1-7,11,15H,8-10,12H2,(H,21,23). The van der Waals surface area contributed by atoms with Gasteiger partial charge in [0.1, 0.15) is 6.04 Å². The summed E-state index contributed by atoms with van der Waals surface area (Å²) >= 11 is 6.15. The number of carbonyl (C=O) groups excluding carboxylic acids is 2. The van der Waals surface area contributed by atoms with Crippen LogP contribution in [0.3, 0.4) is 0 Å². The van der Waals surface area contributed by atoms with Gasteiger partial charge in [0.05, 0.1) is 10.7 Å². The molecule has 3 rings (SSSR count). The maximum absolute atomic E-state index is 12.5. The lowest BCUT2D eigenvalue weighted by Crippen LogP contribution is -2.41. The number of amides is 2. The Kier molecular flexibility index (Phi) is 5.11. The molecule has 0 radical (unpaired) electrons. The third kappa shape index (κ3) is 3.74. The molecule has 0 spiro atoms. The highest BCUT2D eigenvalue weighted by molar-refractivity contribution is 6.34. The van der Waals surface area contributed by atoms with Crippen LogP contribution in [-0.4, -0.2) is 29.4 Å². The van der Waals surface area contributed by atoms with E-state index in [0.717, 1.165) is 5.69 Å². The second-order valence-corrected chi connectivity index (χ2v) is 6.08. The van der Waals surface area contributed by atoms with Gasteiger partial charge in [-0.2, -0.15) is 0 Å². The first-order valence-electron chi connectivity index (χ1n) is 7.90. The normalized spacial score (nSPS) is 17.1. The zero-order chi connectivity index (χ0) is 16.9. The van der Waals surface area contributed by atoms with E-state index < -0.39 is 6.04 Å². The summed E-state index contributed by atoms with van der Waals surface area (Å²) in [6, 6.07) is 12.3. The Morgan fingerprint density at radius 2 is 2.04 bits per heavy atom. The van der Waals surface area contributed by atoms with Crippen molar-refractivity contribution in [2.75, 3.05) is 11.4 Å². The van der Waals surface area contributed by atoms with E-state index in [-0.39, 0.29) is 11.8 Å². The minimum Gasteiger partial charge on any atom is -0.344 e. The molecule has 0 bridgehead atoms. The van der Waals surface area contributed by atoms with Gasteiger partial charge in [0.25, 0.3) is 0 Å². The summed E-state index contributed by atoms with van der Waals surface area (Å²) in [6.45, 7) is 0.549. The fraction of sp³-hybridized carbons (Fsp3) is 0.278. The molecule has 2 amide bonds. The van der Waals surface area contributed by atoms with E-state index >= 15 is 0 Å². The van der Waals surface area contributed by atoms with Crippen molar-refractivity contribution in [3.63, 3.8) is 0 Å². The van der Waals surface area contributed by atoms with E-state index in [9.17, 15) is 9.59 Å². The summed E-state index contributed by atoms with van der Waals surface area (Å²) in [5.41, 5.74) is 1.55. The molecule has 2 heterocycles. The van der Waals surface area contributed by atoms with Gasteiger partial charge in [0, 0.05) is 24.9 Å². The maximum atomic E-state index is 12.5. The van der Waals surface area contributed by atoms with Gasteiger partial charge < -0.3 is 10.2 Å². The smallest absolute Gasteiger partial charge is 0.249 e. The van der Waals surface area contributed by atoms with Gasteiger partial charge in [0.15, 0.2) is 0 Å². The Bertz CT molecular complexity index is 736. The number of halogens is 1. The Morgan fingerprint density at radius 3 is 2.79 bits per heavy atom. The average molecular weight is 344 g/mol. The lowest BCUT2D eigenvalue weighted by atomic mass is 10.2. The number of nitrogens with one attached hydrogen (secondary N) is 1. The molecule has 24 heavy (non-hydrogen) atoms. The molecule has 0 saturated carbocycles. The first kappa shape index (κ1) is 16.5. The monoisotopic (exact) mass is 343 g/mol. The van der Waals surface area contributed by atoms with Crippen LogP contribution < -0.4 is 10.2 Å². The van der Waals surface area contributed by atoms with Crippen LogP contribution in [0.4, 0.5) is 5.69 Å². The number of rotatable bonds is 5. The van der Waals surface area contributed by atoms with Gasteiger partial charge in [-0.3, -0.25) is 14.6 Å². The van der Waals surface area contributed by atoms with Crippen LogP contribution in [0.15, 0.2) is 48.7 Å². The highest BCUT2D eigenvalue weighted by atomic mass is 35.5. The summed E-state index contributed by atoms with van der Waals surface area (Å²) in [5.74, 6) is -0.255. The molecule has 1 atom stereocenters. The van der Waals surface area contributed by atoms with Crippen molar-refractivity contribution in [2.45, 2.75) is 25.3 Å². The second-order valence-electron chi connectivity index (χ2n) is 5.67. The van der Waals surface area contributed by atoms with Crippen LogP contribution in [0.5, 0.6) is 0 Å². The van der Waals surface area contributed by atoms with E-state index in [0.29, 0.717) is 36.5 Å². The van der Waals surface area contributed by atoms with E-state index in [4.69, 9.17) is 11.6 Å². The summed E-state index contributed by atoms with van der Waals surface area (Å²) in [4.78, 5) is 30.4. The van der Waals surface area contributed by atoms with Gasteiger partial charge in [-0.1, -0.05) is 29.8 Å². The van der Waals surface area contributed by atoms with Crippen molar-refractivity contribution in [2.24, 2.45) is 0 Å². The zero-order valence-electron chi connectivity index (χ0n) is 13.1. The Labute approximate surface area is 145 Å². The second kappa shape index (κ2) is 7.45. The molecule has 5 nitrogen and oxygen atoms in total. The number of benzene rings is 1. The average Bonchev–Trinajstić information content (AvgIpc) is 2.95. The molecule has 1 fully saturated rings. The molecule has 1 aliphatic rings. The molecule has 1 aliphatic heterocycles. The first-order chi connectivity index (χ1) is 11.6. The first-order valence-corrected chi connectivity index (χ1v) is 8.28. The fourth-order valence-corrected chi connectivity index (χ4v) is 3.02. The maximum Gasteiger partial charge on any atom is 0.249 e. The van der Waals surface area contributed by atoms with Crippen molar-refractivity contribution in [3.8, 4) is 0 Å². The summed E-state index contributed by atoms with van der Waals surface area (Å²) in [5, 5.41) is 3.35. The molecule has 6 heteroatoms. The van der Waals surface area contributed by atoms with Crippen molar-refractivity contribution >= 4 is 29.1 Å². The zero-order valence-corrected chi connectivity index (χ0v) is 13.9. The largest absolute Gasteiger partial charge is 0.344 e. The molecule has 2 aromatic rings. The van der Waals surface area contributed by atoms with Crippen LogP contribution in [0.2, 0.25) is 5.02 Å². The Balaban J connectivity index is 1.56. The predicted molar refractivity (Wildman–Crippen MR) is 92.9 cm³/mol. The topological polar surface area (TPSA) is 62.3 Å². The molecule has 1 aromatic heterocycles. The molecular formula is C18H18ClN3O2. The third-order valence-electron chi connectivity index (χ3n) is 4.02. The highest BCUT2D eigenvalue weighted by Crippen LogP contribution is 2.28. The molecule has 1 N–H and O–H groups in total. The van der Waals surface area contributed by atoms with Gasteiger partial charge in [-0.15, -0.1) is 0 Å². The minimum atomic E-state index is -0.488. The highest BCUT2D eigenvalue weighted by Gasteiger charge is 2.34. The van der Waals surface area contributed by atoms with E-state index in [2.05, 4.69) is 10.3 Å². The number of hydrogen-bond acceptors (Lipinski definition) is 3. The number of carbonyl (C=O) groups is 2. The van der Waals surface area contributed by atoms with Crippen molar-refractivity contribution in [1.82, 2.24) is 10.3 Å². The lowest BCUT2D eigenvalue weighted by molar-refractivity contribution is -0.126. The van der Waals surface area contributed by atoms with Crippen LogP contribution in [0.25, 0.3) is 0 Å². The predicted octanol–water partition coefficient (Wildman–Crippen LogP) is 2.59. The van der Waals surface area contributed by atoms with Crippen LogP contribution >= 0.6 is 11.6 Å². The van der Waals surface area contributed by atoms with Crippen molar-refractivity contribution < 1.29 is 9.59 Å². The molecule has 124 valence electrons. The summed E-state index contributed by atoms with van der Waals surface area (Å²) in [6.07, 6.45) is 3.16. The number of aryl methyl sites for hydroxylation is 1. The quantitative estimate of drug-likeness (QED) is 0.907. The Morgan fingerprint density at radius 1 is 1.25 bits per heavy atom. The van der Waals surface area contributed by atoms with E-state index in [1.165, 1.54) is 0 Å². The minimum absolute atomic E-state index is 0.116. The van der Waals surface area contributed by atoms with Gasteiger partial charge in [-0.25, -0.2) is 0 Å². The Hall–Kier alpha value is -2.40. The van der Waals surface area contributed by atoms with Crippen LogP contribution in [-0.2, 0) is 16.0 Å². The number of pyridine rings is 1. The number of para-hydroxylation sites is 1. The van der Waals surface area contributed by atoms with Gasteiger partial charge in [0.2, 0.25) is 11.8 Å². The SMILES string of the molecule is O=C(CCc1ccccn1)NC1CCN(c2ccccc2Cl)C1=O. The number of anilines is 1. The molecule has 0 aliphatic carbocycles. The molecule has 1 unspecified atom stereocenters. The fourth-order valence-electron chi connectivity index (χ4n) is 2.78. The van der Waals surface area contributed by atoms with Crippen molar-refractivity contribution in [3.05, 3.63) is 59.4 Å². The van der Waals surface area contributed by atoms with E-state index in [1.807, 2.05) is 36.4 Å². The number of aromatic nitrogens is 1. The van der Waals surface area contributed by atoms with Gasteiger partial charge >= 0.3 is 0 Å². The van der Waals surface area contributed by atoms with Gasteiger partial charge in [-0.05, 0) is 37.1 Å². The lowest BCUT2D eigenvalue weighted by Gasteiger charge is -2.18. The molecule has 1 aromatic carbocycles.